The van der Waals surface area contributed by atoms with Crippen LogP contribution in [0, 0.1) is 0 Å². The lowest BCUT2D eigenvalue weighted by molar-refractivity contribution is -0.163. The normalized spacial score (nSPS) is 16.5. The van der Waals surface area contributed by atoms with Crippen molar-refractivity contribution in [2.75, 3.05) is 19.8 Å². The first-order valence-corrected chi connectivity index (χ1v) is 11.9. The molecule has 0 aliphatic carbocycles. The largest absolute Gasteiger partial charge is 0.494 e. The minimum atomic E-state index is -0.124. The first-order chi connectivity index (χ1) is 14.9. The SMILES string of the molecule is c1ccc([S+](c2ccccc2)c2ccc(OCCCOC3CCCCO3)cc2)cc1. The Labute approximate surface area is 182 Å². The summed E-state index contributed by atoms with van der Waals surface area (Å²) in [5, 5.41) is 0. The van der Waals surface area contributed by atoms with Crippen LogP contribution in [0.1, 0.15) is 25.7 Å². The van der Waals surface area contributed by atoms with E-state index in [4.69, 9.17) is 14.2 Å². The third kappa shape index (κ3) is 5.88. The van der Waals surface area contributed by atoms with Gasteiger partial charge in [-0.15, -0.1) is 0 Å². The quantitative estimate of drug-likeness (QED) is 0.309. The molecule has 4 heteroatoms. The van der Waals surface area contributed by atoms with Gasteiger partial charge in [0.1, 0.15) is 5.75 Å². The van der Waals surface area contributed by atoms with E-state index in [1.165, 1.54) is 21.1 Å². The van der Waals surface area contributed by atoms with E-state index in [0.717, 1.165) is 31.6 Å². The summed E-state index contributed by atoms with van der Waals surface area (Å²) in [5.74, 6) is 0.900. The molecule has 3 nitrogen and oxygen atoms in total. The second-order valence-corrected chi connectivity index (χ2v) is 9.30. The number of benzene rings is 3. The fourth-order valence-electron chi connectivity index (χ4n) is 3.50. The second-order valence-electron chi connectivity index (χ2n) is 7.27. The van der Waals surface area contributed by atoms with Crippen LogP contribution in [0.4, 0.5) is 0 Å². The van der Waals surface area contributed by atoms with Crippen molar-refractivity contribution in [3.63, 3.8) is 0 Å². The van der Waals surface area contributed by atoms with E-state index >= 15 is 0 Å². The molecule has 1 atom stereocenters. The van der Waals surface area contributed by atoms with E-state index in [-0.39, 0.29) is 17.2 Å². The van der Waals surface area contributed by atoms with Crippen molar-refractivity contribution in [3.05, 3.63) is 84.9 Å². The van der Waals surface area contributed by atoms with Gasteiger partial charge in [-0.3, -0.25) is 0 Å². The second kappa shape index (κ2) is 11.2. The van der Waals surface area contributed by atoms with Crippen LogP contribution in [0.3, 0.4) is 0 Å². The summed E-state index contributed by atoms with van der Waals surface area (Å²) in [6, 6.07) is 29.9. The number of hydrogen-bond donors (Lipinski definition) is 0. The molecule has 3 aromatic rings. The van der Waals surface area contributed by atoms with Gasteiger partial charge >= 0.3 is 0 Å². The van der Waals surface area contributed by atoms with Gasteiger partial charge in [0.2, 0.25) is 0 Å². The molecule has 1 unspecified atom stereocenters. The minimum Gasteiger partial charge on any atom is -0.494 e. The van der Waals surface area contributed by atoms with Crippen LogP contribution in [0.25, 0.3) is 0 Å². The third-order valence-electron chi connectivity index (χ3n) is 5.02. The number of ether oxygens (including phenoxy) is 3. The van der Waals surface area contributed by atoms with Gasteiger partial charge in [-0.25, -0.2) is 0 Å². The van der Waals surface area contributed by atoms with Gasteiger partial charge in [0.05, 0.1) is 24.1 Å². The molecule has 1 heterocycles. The highest BCUT2D eigenvalue weighted by molar-refractivity contribution is 7.97. The Balaban J connectivity index is 1.34. The molecule has 0 bridgehead atoms. The highest BCUT2D eigenvalue weighted by Gasteiger charge is 2.28. The van der Waals surface area contributed by atoms with Gasteiger partial charge < -0.3 is 14.2 Å². The van der Waals surface area contributed by atoms with E-state index in [9.17, 15) is 0 Å². The zero-order valence-electron chi connectivity index (χ0n) is 17.2. The highest BCUT2D eigenvalue weighted by atomic mass is 32.2. The maximum atomic E-state index is 5.92. The molecule has 156 valence electrons. The molecule has 0 saturated carbocycles. The van der Waals surface area contributed by atoms with Crippen LogP contribution < -0.4 is 4.74 Å². The summed E-state index contributed by atoms with van der Waals surface area (Å²) in [6.45, 7) is 2.14. The molecule has 1 fully saturated rings. The van der Waals surface area contributed by atoms with Crippen molar-refractivity contribution in [1.82, 2.24) is 0 Å². The minimum absolute atomic E-state index is 0.0214. The molecule has 0 radical (unpaired) electrons. The fourth-order valence-corrected chi connectivity index (χ4v) is 5.58. The average molecular weight is 422 g/mol. The van der Waals surface area contributed by atoms with Crippen molar-refractivity contribution >= 4 is 10.9 Å². The third-order valence-corrected chi connectivity index (χ3v) is 7.25. The van der Waals surface area contributed by atoms with Gasteiger partial charge in [0.15, 0.2) is 21.0 Å². The van der Waals surface area contributed by atoms with Crippen molar-refractivity contribution in [2.24, 2.45) is 0 Å². The Hall–Kier alpha value is -2.27. The highest BCUT2D eigenvalue weighted by Crippen LogP contribution is 2.31. The summed E-state index contributed by atoms with van der Waals surface area (Å²) < 4.78 is 17.3. The Bertz CT molecular complexity index is 822. The van der Waals surface area contributed by atoms with Gasteiger partial charge in [-0.05, 0) is 67.8 Å². The average Bonchev–Trinajstić information content (AvgIpc) is 2.82. The molecule has 1 saturated heterocycles. The molecule has 1 aliphatic heterocycles. The van der Waals surface area contributed by atoms with Crippen LogP contribution in [0.2, 0.25) is 0 Å². The summed E-state index contributed by atoms with van der Waals surface area (Å²) >= 11 is 0. The molecule has 0 amide bonds. The molecular formula is C26H29O3S+. The van der Waals surface area contributed by atoms with E-state index < -0.39 is 0 Å². The van der Waals surface area contributed by atoms with E-state index in [1.54, 1.807) is 0 Å². The zero-order chi connectivity index (χ0) is 20.4. The maximum absolute atomic E-state index is 5.92. The van der Waals surface area contributed by atoms with Crippen LogP contribution in [0.15, 0.2) is 99.6 Å². The smallest absolute Gasteiger partial charge is 0.166 e. The molecule has 3 aromatic carbocycles. The predicted molar refractivity (Wildman–Crippen MR) is 121 cm³/mol. The van der Waals surface area contributed by atoms with Crippen LogP contribution in [0.5, 0.6) is 5.75 Å². The van der Waals surface area contributed by atoms with Crippen LogP contribution in [-0.4, -0.2) is 26.1 Å². The molecule has 1 aliphatic rings. The molecule has 0 spiro atoms. The first kappa shape index (κ1) is 21.0. The summed E-state index contributed by atoms with van der Waals surface area (Å²) in [7, 11) is -0.124. The Morgan fingerprint density at radius 2 is 1.37 bits per heavy atom. The molecule has 4 rings (SSSR count). The maximum Gasteiger partial charge on any atom is 0.166 e. The first-order valence-electron chi connectivity index (χ1n) is 10.7. The lowest BCUT2D eigenvalue weighted by Crippen LogP contribution is -2.23. The molecular weight excluding hydrogens is 392 g/mol. The lowest BCUT2D eigenvalue weighted by atomic mass is 10.2. The van der Waals surface area contributed by atoms with Gasteiger partial charge in [-0.1, -0.05) is 36.4 Å². The number of hydrogen-bond acceptors (Lipinski definition) is 3. The lowest BCUT2D eigenvalue weighted by Gasteiger charge is -2.22. The van der Waals surface area contributed by atoms with Crippen LogP contribution in [-0.2, 0) is 20.4 Å². The number of rotatable bonds is 9. The van der Waals surface area contributed by atoms with Crippen LogP contribution >= 0.6 is 0 Å². The van der Waals surface area contributed by atoms with Gasteiger partial charge in [-0.2, -0.15) is 0 Å². The van der Waals surface area contributed by atoms with Crippen molar-refractivity contribution in [3.8, 4) is 5.75 Å². The van der Waals surface area contributed by atoms with E-state index in [1.807, 2.05) is 0 Å². The van der Waals surface area contributed by atoms with Crippen molar-refractivity contribution in [1.29, 1.82) is 0 Å². The van der Waals surface area contributed by atoms with Gasteiger partial charge in [0.25, 0.3) is 0 Å². The van der Waals surface area contributed by atoms with E-state index in [0.29, 0.717) is 13.2 Å². The Morgan fingerprint density at radius 1 is 0.733 bits per heavy atom. The zero-order valence-corrected chi connectivity index (χ0v) is 18.1. The Morgan fingerprint density at radius 3 is 1.97 bits per heavy atom. The van der Waals surface area contributed by atoms with Gasteiger partial charge in [0, 0.05) is 13.0 Å². The Kier molecular flexibility index (Phi) is 7.84. The fraction of sp³-hybridized carbons (Fsp3) is 0.308. The van der Waals surface area contributed by atoms with Crippen molar-refractivity contribution in [2.45, 2.75) is 46.7 Å². The molecule has 30 heavy (non-hydrogen) atoms. The standard InChI is InChI=1S/C26H29O3S/c1-3-10-23(11-4-1)30(24-12-5-2-6-13-24)25-17-15-22(16-18-25)27-20-9-21-29-26-14-7-8-19-28-26/h1-6,10-13,15-18,26H,7-9,14,19-21H2/q+1. The molecule has 0 aromatic heterocycles. The van der Waals surface area contributed by atoms with Crippen molar-refractivity contribution < 1.29 is 14.2 Å². The summed E-state index contributed by atoms with van der Waals surface area (Å²) in [4.78, 5) is 3.93. The summed E-state index contributed by atoms with van der Waals surface area (Å²) in [6.07, 6.45) is 4.19. The summed E-state index contributed by atoms with van der Waals surface area (Å²) in [5.41, 5.74) is 0. The molecule has 0 N–H and O–H groups in total. The monoisotopic (exact) mass is 421 g/mol. The predicted octanol–water partition coefficient (Wildman–Crippen LogP) is 6.09. The van der Waals surface area contributed by atoms with E-state index in [2.05, 4.69) is 84.9 Å². The topological polar surface area (TPSA) is 27.7 Å².